The van der Waals surface area contributed by atoms with E-state index in [9.17, 15) is 13.2 Å². The molecule has 0 atom stereocenters. The zero-order valence-corrected chi connectivity index (χ0v) is 15.6. The highest BCUT2D eigenvalue weighted by Gasteiger charge is 2.17. The van der Waals surface area contributed by atoms with Gasteiger partial charge in [0.25, 0.3) is 0 Å². The first-order valence-corrected chi connectivity index (χ1v) is 9.19. The number of anilines is 1. The summed E-state index contributed by atoms with van der Waals surface area (Å²) in [6.45, 7) is 2.59. The van der Waals surface area contributed by atoms with Gasteiger partial charge < -0.3 is 9.73 Å². The summed E-state index contributed by atoms with van der Waals surface area (Å²) in [5.74, 6) is 1.45. The van der Waals surface area contributed by atoms with E-state index in [1.165, 1.54) is 26.2 Å². The van der Waals surface area contributed by atoms with E-state index >= 15 is 0 Å². The molecule has 1 heterocycles. The monoisotopic (exact) mass is 365 g/mol. The number of carbonyl (C=O) groups excluding carboxylic acids is 1. The molecule has 0 saturated heterocycles. The lowest BCUT2D eigenvalue weighted by molar-refractivity contribution is -0.117. The number of hydrogen-bond donors (Lipinski definition) is 1. The van der Waals surface area contributed by atoms with Crippen LogP contribution in [0.3, 0.4) is 0 Å². The molecule has 136 valence electrons. The fraction of sp³-hybridized carbons (Fsp3) is 0.353. The molecule has 1 amide bonds. The number of benzene rings is 1. The van der Waals surface area contributed by atoms with Gasteiger partial charge in [-0.15, -0.1) is 0 Å². The van der Waals surface area contributed by atoms with Crippen LogP contribution in [0.1, 0.15) is 11.5 Å². The molecule has 1 aromatic heterocycles. The fourth-order valence-corrected chi connectivity index (χ4v) is 3.16. The lowest BCUT2D eigenvalue weighted by Crippen LogP contribution is -2.29. The van der Waals surface area contributed by atoms with Crippen molar-refractivity contribution in [1.29, 1.82) is 0 Å². The Morgan fingerprint density at radius 3 is 2.24 bits per heavy atom. The molecule has 0 aliphatic rings. The smallest absolute Gasteiger partial charge is 0.242 e. The van der Waals surface area contributed by atoms with Gasteiger partial charge in [-0.05, 0) is 50.4 Å². The van der Waals surface area contributed by atoms with Gasteiger partial charge in [-0.2, -0.15) is 0 Å². The van der Waals surface area contributed by atoms with E-state index in [2.05, 4.69) is 5.32 Å². The summed E-state index contributed by atoms with van der Waals surface area (Å²) >= 11 is 0. The summed E-state index contributed by atoms with van der Waals surface area (Å²) in [6.07, 6.45) is 0. The van der Waals surface area contributed by atoms with Gasteiger partial charge in [0.1, 0.15) is 11.5 Å². The quantitative estimate of drug-likeness (QED) is 0.810. The lowest BCUT2D eigenvalue weighted by Gasteiger charge is -2.15. The van der Waals surface area contributed by atoms with Gasteiger partial charge in [0, 0.05) is 19.8 Å². The summed E-state index contributed by atoms with van der Waals surface area (Å²) in [4.78, 5) is 14.1. The molecule has 0 saturated carbocycles. The average molecular weight is 365 g/mol. The predicted molar refractivity (Wildman–Crippen MR) is 95.7 cm³/mol. The lowest BCUT2D eigenvalue weighted by atomic mass is 10.3. The third-order valence-electron chi connectivity index (χ3n) is 3.55. The Kier molecular flexibility index (Phi) is 5.99. The number of amides is 1. The number of likely N-dealkylation sites (N-methyl/N-ethyl adjacent to an activating group) is 1. The third kappa shape index (κ3) is 5.15. The van der Waals surface area contributed by atoms with Crippen molar-refractivity contribution in [3.8, 4) is 0 Å². The number of furan rings is 1. The highest BCUT2D eigenvalue weighted by Crippen LogP contribution is 2.16. The molecule has 25 heavy (non-hydrogen) atoms. The summed E-state index contributed by atoms with van der Waals surface area (Å²) in [5, 5.41) is 2.75. The Labute approximate surface area is 148 Å². The molecule has 0 radical (unpaired) electrons. The normalized spacial score (nSPS) is 11.9. The van der Waals surface area contributed by atoms with Crippen LogP contribution in [-0.4, -0.2) is 51.2 Å². The van der Waals surface area contributed by atoms with Crippen LogP contribution in [-0.2, 0) is 21.4 Å². The van der Waals surface area contributed by atoms with E-state index < -0.39 is 10.0 Å². The first-order chi connectivity index (χ1) is 11.7. The average Bonchev–Trinajstić information content (AvgIpc) is 2.92. The van der Waals surface area contributed by atoms with Crippen molar-refractivity contribution >= 4 is 21.6 Å². The molecule has 0 aliphatic heterocycles. The van der Waals surface area contributed by atoms with E-state index in [-0.39, 0.29) is 17.3 Å². The highest BCUT2D eigenvalue weighted by molar-refractivity contribution is 7.89. The number of carbonyl (C=O) groups is 1. The topological polar surface area (TPSA) is 82.9 Å². The Morgan fingerprint density at radius 1 is 1.08 bits per heavy atom. The van der Waals surface area contributed by atoms with Crippen molar-refractivity contribution in [3.63, 3.8) is 0 Å². The molecular weight excluding hydrogens is 342 g/mol. The molecule has 0 fully saturated rings. The van der Waals surface area contributed by atoms with Crippen molar-refractivity contribution < 1.29 is 17.6 Å². The van der Waals surface area contributed by atoms with Crippen molar-refractivity contribution in [2.24, 2.45) is 0 Å². The van der Waals surface area contributed by atoms with E-state index in [0.717, 1.165) is 15.8 Å². The molecule has 0 spiro atoms. The molecule has 0 unspecified atom stereocenters. The van der Waals surface area contributed by atoms with Gasteiger partial charge in [-0.3, -0.25) is 9.69 Å². The molecule has 1 aromatic carbocycles. The Hall–Kier alpha value is -2.16. The van der Waals surface area contributed by atoms with E-state index in [1.807, 2.05) is 31.0 Å². The van der Waals surface area contributed by atoms with Crippen molar-refractivity contribution in [1.82, 2.24) is 9.21 Å². The predicted octanol–water partition coefficient (Wildman–Crippen LogP) is 1.91. The van der Waals surface area contributed by atoms with Gasteiger partial charge in [0.05, 0.1) is 18.0 Å². The molecule has 2 aromatic rings. The van der Waals surface area contributed by atoms with Gasteiger partial charge in [-0.1, -0.05) is 0 Å². The first kappa shape index (κ1) is 19.2. The number of hydrogen-bond acceptors (Lipinski definition) is 5. The summed E-state index contributed by atoms with van der Waals surface area (Å²) in [5.41, 5.74) is 0.546. The SMILES string of the molecule is Cc1ccc(CN(C)CC(=O)Nc2ccc(S(=O)(=O)N(C)C)cc2)o1. The standard InChI is InChI=1S/C17H23N3O4S/c1-13-5-8-15(24-13)11-20(4)12-17(21)18-14-6-9-16(10-7-14)25(22,23)19(2)3/h5-10H,11-12H2,1-4H3,(H,18,21). The minimum atomic E-state index is -3.47. The van der Waals surface area contributed by atoms with Gasteiger partial charge in [0.2, 0.25) is 15.9 Å². The van der Waals surface area contributed by atoms with Gasteiger partial charge in [0.15, 0.2) is 0 Å². The van der Waals surface area contributed by atoms with E-state index in [0.29, 0.717) is 12.2 Å². The third-order valence-corrected chi connectivity index (χ3v) is 5.38. The number of aryl methyl sites for hydroxylation is 1. The molecule has 0 aliphatic carbocycles. The van der Waals surface area contributed by atoms with Gasteiger partial charge in [-0.25, -0.2) is 12.7 Å². The largest absolute Gasteiger partial charge is 0.465 e. The number of nitrogens with one attached hydrogen (secondary N) is 1. The van der Waals surface area contributed by atoms with E-state index in [1.54, 1.807) is 12.1 Å². The molecule has 1 N–H and O–H groups in total. The van der Waals surface area contributed by atoms with Crippen LogP contribution in [0, 0.1) is 6.92 Å². The Bertz CT molecular complexity index is 826. The second-order valence-electron chi connectivity index (χ2n) is 6.04. The second kappa shape index (κ2) is 7.81. The van der Waals surface area contributed by atoms with Crippen LogP contribution in [0.2, 0.25) is 0 Å². The summed E-state index contributed by atoms with van der Waals surface area (Å²) in [7, 11) is 1.30. The van der Waals surface area contributed by atoms with E-state index in [4.69, 9.17) is 4.42 Å². The molecule has 8 heteroatoms. The van der Waals surface area contributed by atoms with Crippen molar-refractivity contribution in [2.45, 2.75) is 18.4 Å². The van der Waals surface area contributed by atoms with Crippen LogP contribution < -0.4 is 5.32 Å². The van der Waals surface area contributed by atoms with Crippen molar-refractivity contribution in [2.75, 3.05) is 33.0 Å². The van der Waals surface area contributed by atoms with Crippen LogP contribution in [0.5, 0.6) is 0 Å². The molecule has 7 nitrogen and oxygen atoms in total. The van der Waals surface area contributed by atoms with Crippen LogP contribution >= 0.6 is 0 Å². The number of sulfonamides is 1. The maximum absolute atomic E-state index is 12.1. The first-order valence-electron chi connectivity index (χ1n) is 7.75. The maximum Gasteiger partial charge on any atom is 0.242 e. The minimum Gasteiger partial charge on any atom is -0.465 e. The summed E-state index contributed by atoms with van der Waals surface area (Å²) < 4.78 is 30.6. The van der Waals surface area contributed by atoms with Gasteiger partial charge >= 0.3 is 0 Å². The maximum atomic E-state index is 12.1. The zero-order chi connectivity index (χ0) is 18.6. The second-order valence-corrected chi connectivity index (χ2v) is 8.20. The molecule has 0 bridgehead atoms. The number of nitrogens with zero attached hydrogens (tertiary/aromatic N) is 2. The Balaban J connectivity index is 1.92. The van der Waals surface area contributed by atoms with Crippen LogP contribution in [0.15, 0.2) is 45.7 Å². The zero-order valence-electron chi connectivity index (χ0n) is 14.8. The minimum absolute atomic E-state index is 0.181. The highest BCUT2D eigenvalue weighted by atomic mass is 32.2. The molecule has 2 rings (SSSR count). The fourth-order valence-electron chi connectivity index (χ4n) is 2.26. The summed E-state index contributed by atoms with van der Waals surface area (Å²) in [6, 6.07) is 9.86. The molecular formula is C17H23N3O4S. The van der Waals surface area contributed by atoms with Crippen LogP contribution in [0.25, 0.3) is 0 Å². The number of rotatable bonds is 7. The van der Waals surface area contributed by atoms with Crippen molar-refractivity contribution in [3.05, 3.63) is 47.9 Å². The Morgan fingerprint density at radius 2 is 1.72 bits per heavy atom. The van der Waals surface area contributed by atoms with Crippen LogP contribution in [0.4, 0.5) is 5.69 Å².